The summed E-state index contributed by atoms with van der Waals surface area (Å²) in [6.45, 7) is 1.25. The molecule has 5 rings (SSSR count). The minimum Gasteiger partial charge on any atom is -0.443 e. The van der Waals surface area contributed by atoms with E-state index in [4.69, 9.17) is 23.8 Å². The van der Waals surface area contributed by atoms with Gasteiger partial charge in [-0.2, -0.15) is 0 Å². The third kappa shape index (κ3) is 5.38. The largest absolute Gasteiger partial charge is 0.443 e. The van der Waals surface area contributed by atoms with Gasteiger partial charge in [-0.1, -0.05) is 30.3 Å². The van der Waals surface area contributed by atoms with Gasteiger partial charge in [-0.05, 0) is 47.2 Å². The fourth-order valence-corrected chi connectivity index (χ4v) is 5.87. The number of hydrogen-bond donors (Lipinski definition) is 1. The number of rotatable bonds is 7. The maximum atomic E-state index is 11.7. The van der Waals surface area contributed by atoms with Gasteiger partial charge in [-0.15, -0.1) is 11.3 Å². The molecule has 4 aromatic rings. The van der Waals surface area contributed by atoms with Crippen molar-refractivity contribution in [3.05, 3.63) is 89.3 Å². The molecule has 8 nitrogen and oxygen atoms in total. The van der Waals surface area contributed by atoms with E-state index in [1.165, 1.54) is 29.9 Å². The maximum Gasteiger partial charge on any atom is 0.238 e. The summed E-state index contributed by atoms with van der Waals surface area (Å²) in [6, 6.07) is 17.8. The highest BCUT2D eigenvalue weighted by molar-refractivity contribution is 7.89. The van der Waals surface area contributed by atoms with Crippen LogP contribution in [-0.2, 0) is 25.1 Å². The number of nitrogens with two attached hydrogens (primary N) is 1. The van der Waals surface area contributed by atoms with Gasteiger partial charge >= 0.3 is 0 Å². The zero-order valence-corrected chi connectivity index (χ0v) is 22.3. The number of oxazole rings is 1. The lowest BCUT2D eigenvalue weighted by Crippen LogP contribution is -2.35. The Morgan fingerprint density at radius 3 is 2.50 bits per heavy atom. The Morgan fingerprint density at radius 2 is 1.82 bits per heavy atom. The summed E-state index contributed by atoms with van der Waals surface area (Å²) in [5.74, 6) is 3.23. The molecule has 2 aromatic heterocycles. The van der Waals surface area contributed by atoms with Crippen LogP contribution in [0.25, 0.3) is 11.3 Å². The van der Waals surface area contributed by atoms with E-state index >= 15 is 0 Å². The molecule has 2 N–H and O–H groups in total. The summed E-state index contributed by atoms with van der Waals surface area (Å²) in [5.41, 5.74) is 2.65. The Labute approximate surface area is 225 Å². The zero-order chi connectivity index (χ0) is 26.6. The lowest BCUT2D eigenvalue weighted by Gasteiger charge is -2.35. The second-order valence-corrected chi connectivity index (χ2v) is 11.2. The van der Waals surface area contributed by atoms with Crippen molar-refractivity contribution in [1.29, 1.82) is 0 Å². The van der Waals surface area contributed by atoms with E-state index in [9.17, 15) is 8.42 Å². The van der Waals surface area contributed by atoms with Crippen LogP contribution in [0.3, 0.4) is 0 Å². The Hall–Kier alpha value is -3.46. The third-order valence-electron chi connectivity index (χ3n) is 6.61. The van der Waals surface area contributed by atoms with Crippen molar-refractivity contribution < 1.29 is 27.0 Å². The van der Waals surface area contributed by atoms with Crippen LogP contribution >= 0.6 is 11.3 Å². The van der Waals surface area contributed by atoms with E-state index in [0.29, 0.717) is 35.3 Å². The SMILES string of the molecule is COC1(c2ccsc2OC#CC(c2ccccc2)c2ncoc2-c2ccc(S(N)(=O)=O)cc2)CCOCC1. The van der Waals surface area contributed by atoms with Gasteiger partial charge in [-0.3, -0.25) is 0 Å². The predicted molar refractivity (Wildman–Crippen MR) is 143 cm³/mol. The highest BCUT2D eigenvalue weighted by Gasteiger charge is 2.37. The first-order valence-electron chi connectivity index (χ1n) is 11.9. The maximum absolute atomic E-state index is 11.7. The van der Waals surface area contributed by atoms with Crippen molar-refractivity contribution in [3.8, 4) is 28.4 Å². The van der Waals surface area contributed by atoms with Crippen LogP contribution in [-0.4, -0.2) is 33.7 Å². The molecule has 0 radical (unpaired) electrons. The molecular formula is C28H26N2O6S2. The van der Waals surface area contributed by atoms with E-state index in [0.717, 1.165) is 24.0 Å². The van der Waals surface area contributed by atoms with E-state index in [-0.39, 0.29) is 4.90 Å². The molecule has 2 aromatic carbocycles. The van der Waals surface area contributed by atoms with Gasteiger partial charge in [0.05, 0.1) is 10.8 Å². The minimum atomic E-state index is -3.81. The van der Waals surface area contributed by atoms with Crippen molar-refractivity contribution in [2.75, 3.05) is 20.3 Å². The number of primary sulfonamides is 1. The Bertz CT molecular complexity index is 1540. The van der Waals surface area contributed by atoms with Gasteiger partial charge in [0.25, 0.3) is 0 Å². The van der Waals surface area contributed by atoms with Gasteiger partial charge in [0, 0.05) is 44.3 Å². The zero-order valence-electron chi connectivity index (χ0n) is 20.6. The normalized spacial score (nSPS) is 15.8. The van der Waals surface area contributed by atoms with Crippen molar-refractivity contribution in [3.63, 3.8) is 0 Å². The summed E-state index contributed by atoms with van der Waals surface area (Å²) in [5, 5.41) is 7.90. The lowest BCUT2D eigenvalue weighted by atomic mass is 9.87. The fourth-order valence-electron chi connectivity index (χ4n) is 4.56. The molecule has 1 aliphatic heterocycles. The molecule has 1 fully saturated rings. The van der Waals surface area contributed by atoms with Crippen LogP contribution in [0, 0.1) is 12.0 Å². The average molecular weight is 551 g/mol. The third-order valence-corrected chi connectivity index (χ3v) is 8.32. The monoisotopic (exact) mass is 550 g/mol. The Kier molecular flexibility index (Phi) is 7.65. The molecule has 0 aliphatic carbocycles. The lowest BCUT2D eigenvalue weighted by molar-refractivity contribution is -0.0952. The molecule has 1 aliphatic rings. The van der Waals surface area contributed by atoms with Crippen LogP contribution in [0.5, 0.6) is 5.06 Å². The van der Waals surface area contributed by atoms with E-state index in [1.807, 2.05) is 41.8 Å². The van der Waals surface area contributed by atoms with Crippen LogP contribution in [0.1, 0.15) is 35.6 Å². The molecule has 10 heteroatoms. The quantitative estimate of drug-likeness (QED) is 0.327. The van der Waals surface area contributed by atoms with E-state index in [2.05, 4.69) is 17.0 Å². The first-order valence-corrected chi connectivity index (χ1v) is 14.3. The van der Waals surface area contributed by atoms with Gasteiger partial charge in [0.2, 0.25) is 10.0 Å². The van der Waals surface area contributed by atoms with Gasteiger partial charge in [-0.25, -0.2) is 18.5 Å². The molecule has 1 atom stereocenters. The number of sulfonamides is 1. The molecular weight excluding hydrogens is 524 g/mol. The topological polar surface area (TPSA) is 114 Å². The molecule has 0 bridgehead atoms. The fraction of sp³-hybridized carbons (Fsp3) is 0.250. The average Bonchev–Trinajstić information content (AvgIpc) is 3.62. The van der Waals surface area contributed by atoms with Crippen LogP contribution < -0.4 is 9.88 Å². The number of benzene rings is 2. The standard InChI is InChI=1S/C28H26N2O6S2/c1-33-28(13-16-34-17-14-28)24-12-18-37-27(24)35-15-11-23(20-5-3-2-4-6-20)25-26(36-19-30-25)21-7-9-22(10-8-21)38(29,31)32/h2-10,12,18-19,23H,13-14,16-17H2,1H3,(H2,29,31,32). The highest BCUT2D eigenvalue weighted by Crippen LogP contribution is 2.43. The highest BCUT2D eigenvalue weighted by atomic mass is 32.2. The van der Waals surface area contributed by atoms with Crippen LogP contribution in [0.2, 0.25) is 0 Å². The molecule has 1 saturated heterocycles. The molecule has 196 valence electrons. The Balaban J connectivity index is 1.48. The van der Waals surface area contributed by atoms with Crippen molar-refractivity contribution >= 4 is 21.4 Å². The Morgan fingerprint density at radius 1 is 1.08 bits per heavy atom. The molecule has 3 heterocycles. The number of methoxy groups -OCH3 is 1. The van der Waals surface area contributed by atoms with E-state index < -0.39 is 21.5 Å². The van der Waals surface area contributed by atoms with Crippen molar-refractivity contribution in [2.45, 2.75) is 29.3 Å². The van der Waals surface area contributed by atoms with Crippen molar-refractivity contribution in [2.24, 2.45) is 5.14 Å². The van der Waals surface area contributed by atoms with Gasteiger partial charge in [0.1, 0.15) is 17.4 Å². The second kappa shape index (κ2) is 11.1. The summed E-state index contributed by atoms with van der Waals surface area (Å²) < 4.78 is 46.6. The number of hydrogen-bond acceptors (Lipinski definition) is 8. The molecule has 0 amide bonds. The molecule has 0 spiro atoms. The van der Waals surface area contributed by atoms with Gasteiger partial charge in [0.15, 0.2) is 17.2 Å². The smallest absolute Gasteiger partial charge is 0.238 e. The number of nitrogens with zero attached hydrogens (tertiary/aromatic N) is 1. The summed E-state index contributed by atoms with van der Waals surface area (Å²) in [7, 11) is -2.10. The first kappa shape index (κ1) is 26.2. The summed E-state index contributed by atoms with van der Waals surface area (Å²) in [4.78, 5) is 4.49. The van der Waals surface area contributed by atoms with Crippen molar-refractivity contribution in [1.82, 2.24) is 4.98 Å². The molecule has 38 heavy (non-hydrogen) atoms. The predicted octanol–water partition coefficient (Wildman–Crippen LogP) is 4.87. The number of ether oxygens (including phenoxy) is 3. The van der Waals surface area contributed by atoms with Crippen LogP contribution in [0.15, 0.2) is 81.8 Å². The second-order valence-electron chi connectivity index (χ2n) is 8.76. The number of aromatic nitrogens is 1. The van der Waals surface area contributed by atoms with E-state index in [1.54, 1.807) is 19.2 Å². The molecule has 0 saturated carbocycles. The molecule has 1 unspecified atom stereocenters. The minimum absolute atomic E-state index is 0.0141. The number of thiophene rings is 1. The first-order chi connectivity index (χ1) is 18.4. The van der Waals surface area contributed by atoms with Gasteiger partial charge < -0.3 is 18.6 Å². The summed E-state index contributed by atoms with van der Waals surface area (Å²) >= 11 is 1.47. The summed E-state index contributed by atoms with van der Waals surface area (Å²) in [6.07, 6.45) is 5.73. The van der Waals surface area contributed by atoms with Crippen LogP contribution in [0.4, 0.5) is 0 Å².